The molecule has 1 aromatic rings. The quantitative estimate of drug-likeness (QED) is 0.814. The molecular formula is C13H16N2O5. The lowest BCUT2D eigenvalue weighted by Gasteiger charge is -2.35. The molecule has 0 aromatic carbocycles. The predicted octanol–water partition coefficient (Wildman–Crippen LogP) is 0.557. The van der Waals surface area contributed by atoms with Gasteiger partial charge in [-0.15, -0.1) is 0 Å². The molecule has 1 aromatic heterocycles. The van der Waals surface area contributed by atoms with Gasteiger partial charge in [-0.2, -0.15) is 0 Å². The van der Waals surface area contributed by atoms with Crippen LogP contribution in [-0.2, 0) is 16.1 Å². The number of amides is 2. The molecule has 0 aliphatic carbocycles. The molecule has 2 rings (SSSR count). The van der Waals surface area contributed by atoms with Crippen molar-refractivity contribution >= 4 is 17.8 Å². The highest BCUT2D eigenvalue weighted by Gasteiger charge is 2.34. The number of aromatic carboxylic acids is 1. The number of carbonyl (C=O) groups is 3. The Labute approximate surface area is 115 Å². The number of piperazine rings is 1. The fourth-order valence-electron chi connectivity index (χ4n) is 2.10. The standard InChI is InChI=1S/C13H16N2O5/c1-8(2)15-4-3-14(11(16)12(15)17)6-10-5-9(7-20-10)13(18)19/h5,7-8H,3-4,6H2,1-2H3,(H,18,19). The van der Waals surface area contributed by atoms with Crippen molar-refractivity contribution in [1.82, 2.24) is 9.80 Å². The van der Waals surface area contributed by atoms with Crippen LogP contribution in [0.5, 0.6) is 0 Å². The molecule has 0 bridgehead atoms. The number of carboxylic acids is 1. The van der Waals surface area contributed by atoms with Crippen LogP contribution in [-0.4, -0.2) is 51.8 Å². The maximum absolute atomic E-state index is 12.0. The van der Waals surface area contributed by atoms with Crippen LogP contribution in [0.25, 0.3) is 0 Å². The van der Waals surface area contributed by atoms with E-state index in [0.717, 1.165) is 6.26 Å². The molecular weight excluding hydrogens is 264 g/mol. The predicted molar refractivity (Wildman–Crippen MR) is 67.9 cm³/mol. The Morgan fingerprint density at radius 1 is 1.35 bits per heavy atom. The summed E-state index contributed by atoms with van der Waals surface area (Å²) >= 11 is 0. The molecule has 1 aliphatic heterocycles. The Bertz CT molecular complexity index is 549. The van der Waals surface area contributed by atoms with Crippen molar-refractivity contribution in [2.75, 3.05) is 13.1 Å². The maximum atomic E-state index is 12.0. The van der Waals surface area contributed by atoms with E-state index in [2.05, 4.69) is 0 Å². The molecule has 2 heterocycles. The second-order valence-electron chi connectivity index (χ2n) is 4.93. The molecule has 1 fully saturated rings. The van der Waals surface area contributed by atoms with Gasteiger partial charge >= 0.3 is 17.8 Å². The first kappa shape index (κ1) is 14.1. The molecule has 108 valence electrons. The SMILES string of the molecule is CC(C)N1CCN(Cc2cc(C(=O)O)co2)C(=O)C1=O. The number of furan rings is 1. The summed E-state index contributed by atoms with van der Waals surface area (Å²) in [5.41, 5.74) is 0.0274. The Hall–Kier alpha value is -2.31. The lowest BCUT2D eigenvalue weighted by Crippen LogP contribution is -2.55. The number of carboxylic acid groups (broad SMARTS) is 1. The number of rotatable bonds is 4. The summed E-state index contributed by atoms with van der Waals surface area (Å²) < 4.78 is 5.09. The molecule has 0 spiro atoms. The van der Waals surface area contributed by atoms with Gasteiger partial charge in [0, 0.05) is 19.1 Å². The van der Waals surface area contributed by atoms with Crippen molar-refractivity contribution < 1.29 is 23.9 Å². The maximum Gasteiger partial charge on any atom is 0.338 e. The minimum atomic E-state index is -1.09. The van der Waals surface area contributed by atoms with Crippen molar-refractivity contribution in [3.63, 3.8) is 0 Å². The average molecular weight is 280 g/mol. The summed E-state index contributed by atoms with van der Waals surface area (Å²) in [6.07, 6.45) is 1.12. The third-order valence-corrected chi connectivity index (χ3v) is 3.21. The van der Waals surface area contributed by atoms with Crippen LogP contribution in [0.4, 0.5) is 0 Å². The number of hydrogen-bond acceptors (Lipinski definition) is 4. The highest BCUT2D eigenvalue weighted by atomic mass is 16.4. The molecule has 1 saturated heterocycles. The molecule has 2 amide bonds. The first-order chi connectivity index (χ1) is 9.40. The zero-order valence-corrected chi connectivity index (χ0v) is 11.3. The van der Waals surface area contributed by atoms with E-state index in [0.29, 0.717) is 18.8 Å². The fourth-order valence-corrected chi connectivity index (χ4v) is 2.10. The van der Waals surface area contributed by atoms with Gasteiger partial charge < -0.3 is 19.3 Å². The first-order valence-electron chi connectivity index (χ1n) is 6.30. The molecule has 1 N–H and O–H groups in total. The Balaban J connectivity index is 2.05. The van der Waals surface area contributed by atoms with Gasteiger partial charge in [0.1, 0.15) is 12.0 Å². The van der Waals surface area contributed by atoms with E-state index in [1.54, 1.807) is 0 Å². The molecule has 0 atom stereocenters. The third-order valence-electron chi connectivity index (χ3n) is 3.21. The first-order valence-corrected chi connectivity index (χ1v) is 6.30. The number of hydrogen-bond donors (Lipinski definition) is 1. The molecule has 0 radical (unpaired) electrons. The van der Waals surface area contributed by atoms with Crippen LogP contribution in [0, 0.1) is 0 Å². The van der Waals surface area contributed by atoms with Crippen LogP contribution in [0.1, 0.15) is 30.0 Å². The molecule has 7 heteroatoms. The minimum Gasteiger partial charge on any atom is -0.478 e. The van der Waals surface area contributed by atoms with Crippen molar-refractivity contribution in [3.05, 3.63) is 23.7 Å². The van der Waals surface area contributed by atoms with Crippen LogP contribution in [0.3, 0.4) is 0 Å². The Kier molecular flexibility index (Phi) is 3.78. The molecule has 0 unspecified atom stereocenters. The highest BCUT2D eigenvalue weighted by Crippen LogP contribution is 2.15. The zero-order chi connectivity index (χ0) is 14.9. The number of carbonyl (C=O) groups excluding carboxylic acids is 2. The normalized spacial score (nSPS) is 16.1. The monoisotopic (exact) mass is 280 g/mol. The van der Waals surface area contributed by atoms with E-state index in [4.69, 9.17) is 9.52 Å². The summed E-state index contributed by atoms with van der Waals surface area (Å²) in [7, 11) is 0. The van der Waals surface area contributed by atoms with Gasteiger partial charge in [0.15, 0.2) is 0 Å². The van der Waals surface area contributed by atoms with Gasteiger partial charge in [-0.3, -0.25) is 9.59 Å². The van der Waals surface area contributed by atoms with Crippen molar-refractivity contribution in [3.8, 4) is 0 Å². The van der Waals surface area contributed by atoms with Gasteiger partial charge in [0.05, 0.1) is 12.1 Å². The van der Waals surface area contributed by atoms with E-state index in [-0.39, 0.29) is 18.2 Å². The second kappa shape index (κ2) is 5.36. The third kappa shape index (κ3) is 2.66. The fraction of sp³-hybridized carbons (Fsp3) is 0.462. The smallest absolute Gasteiger partial charge is 0.338 e. The molecule has 7 nitrogen and oxygen atoms in total. The average Bonchev–Trinajstić information content (AvgIpc) is 2.83. The van der Waals surface area contributed by atoms with E-state index in [1.165, 1.54) is 15.9 Å². The van der Waals surface area contributed by atoms with Gasteiger partial charge in [-0.05, 0) is 19.9 Å². The van der Waals surface area contributed by atoms with Gasteiger partial charge in [-0.1, -0.05) is 0 Å². The van der Waals surface area contributed by atoms with E-state index in [9.17, 15) is 14.4 Å². The summed E-state index contributed by atoms with van der Waals surface area (Å²) in [5, 5.41) is 8.79. The Morgan fingerprint density at radius 3 is 2.60 bits per heavy atom. The second-order valence-corrected chi connectivity index (χ2v) is 4.93. The van der Waals surface area contributed by atoms with Crippen LogP contribution < -0.4 is 0 Å². The molecule has 0 saturated carbocycles. The minimum absolute atomic E-state index is 0.0178. The summed E-state index contributed by atoms with van der Waals surface area (Å²) in [5.74, 6) is -1.86. The van der Waals surface area contributed by atoms with E-state index in [1.807, 2.05) is 13.8 Å². The summed E-state index contributed by atoms with van der Waals surface area (Å²) in [6.45, 7) is 4.68. The van der Waals surface area contributed by atoms with Gasteiger partial charge in [0.2, 0.25) is 0 Å². The van der Waals surface area contributed by atoms with Crippen molar-refractivity contribution in [2.24, 2.45) is 0 Å². The lowest BCUT2D eigenvalue weighted by atomic mass is 10.2. The van der Waals surface area contributed by atoms with Gasteiger partial charge in [-0.25, -0.2) is 4.79 Å². The topological polar surface area (TPSA) is 91.1 Å². The van der Waals surface area contributed by atoms with Crippen LogP contribution >= 0.6 is 0 Å². The number of nitrogens with zero attached hydrogens (tertiary/aromatic N) is 2. The summed E-state index contributed by atoms with van der Waals surface area (Å²) in [4.78, 5) is 37.5. The van der Waals surface area contributed by atoms with E-state index < -0.39 is 17.8 Å². The Morgan fingerprint density at radius 2 is 2.05 bits per heavy atom. The van der Waals surface area contributed by atoms with Crippen LogP contribution in [0.15, 0.2) is 16.7 Å². The van der Waals surface area contributed by atoms with E-state index >= 15 is 0 Å². The van der Waals surface area contributed by atoms with Gasteiger partial charge in [0.25, 0.3) is 0 Å². The van der Waals surface area contributed by atoms with Crippen molar-refractivity contribution in [1.29, 1.82) is 0 Å². The lowest BCUT2D eigenvalue weighted by molar-refractivity contribution is -0.157. The van der Waals surface area contributed by atoms with Crippen molar-refractivity contribution in [2.45, 2.75) is 26.4 Å². The zero-order valence-electron chi connectivity index (χ0n) is 11.3. The molecule has 20 heavy (non-hydrogen) atoms. The largest absolute Gasteiger partial charge is 0.478 e. The highest BCUT2D eigenvalue weighted by molar-refractivity contribution is 6.35. The summed E-state index contributed by atoms with van der Waals surface area (Å²) in [6, 6.07) is 1.34. The van der Waals surface area contributed by atoms with Crippen LogP contribution in [0.2, 0.25) is 0 Å². The molecule has 1 aliphatic rings.